The van der Waals surface area contributed by atoms with E-state index in [-0.39, 0.29) is 17.9 Å². The second kappa shape index (κ2) is 9.65. The second-order valence-electron chi connectivity index (χ2n) is 8.55. The second-order valence-corrected chi connectivity index (χ2v) is 8.55. The first kappa shape index (κ1) is 24.1. The minimum absolute atomic E-state index is 0.0160. The molecule has 4 rings (SSSR count). The number of hydrogen-bond acceptors (Lipinski definition) is 8. The summed E-state index contributed by atoms with van der Waals surface area (Å²) < 4.78 is 12.5. The van der Waals surface area contributed by atoms with Gasteiger partial charge in [0.05, 0.1) is 13.2 Å². The summed E-state index contributed by atoms with van der Waals surface area (Å²) in [4.78, 5) is 24.3. The Morgan fingerprint density at radius 2 is 1.74 bits per heavy atom. The van der Waals surface area contributed by atoms with Gasteiger partial charge in [0, 0.05) is 11.6 Å². The van der Waals surface area contributed by atoms with E-state index in [0.29, 0.717) is 16.7 Å². The topological polar surface area (TPSA) is 138 Å². The van der Waals surface area contributed by atoms with Crippen molar-refractivity contribution >= 4 is 16.6 Å². The van der Waals surface area contributed by atoms with Crippen LogP contribution in [-0.2, 0) is 16.1 Å². The van der Waals surface area contributed by atoms with Crippen LogP contribution in [0.3, 0.4) is 0 Å². The number of rotatable bonds is 6. The fourth-order valence-electron chi connectivity index (χ4n) is 4.07. The van der Waals surface area contributed by atoms with E-state index in [1.807, 2.05) is 18.2 Å². The number of fused-ring (bicyclic) bond motifs is 1. The van der Waals surface area contributed by atoms with Crippen LogP contribution in [-0.4, -0.2) is 68.1 Å². The van der Waals surface area contributed by atoms with Gasteiger partial charge in [-0.05, 0) is 60.2 Å². The van der Waals surface area contributed by atoms with Crippen LogP contribution in [0.25, 0.3) is 21.9 Å². The predicted octanol–water partition coefficient (Wildman–Crippen LogP) is 0.745. The zero-order chi connectivity index (χ0) is 24.6. The number of nitrogens with zero attached hydrogens (tertiary/aromatic N) is 1. The Balaban J connectivity index is 1.61. The molecule has 0 spiro atoms. The molecule has 1 aliphatic rings. The van der Waals surface area contributed by atoms with Gasteiger partial charge in [0.1, 0.15) is 35.9 Å². The van der Waals surface area contributed by atoms with Crippen molar-refractivity contribution in [3.8, 4) is 16.9 Å². The number of ketones is 1. The van der Waals surface area contributed by atoms with Gasteiger partial charge >= 0.3 is 0 Å². The van der Waals surface area contributed by atoms with Gasteiger partial charge in [0.25, 0.3) is 5.56 Å². The first-order valence-electron chi connectivity index (χ1n) is 10.9. The Morgan fingerprint density at radius 1 is 1.03 bits per heavy atom. The molecular formula is C25H27NO8. The van der Waals surface area contributed by atoms with Crippen LogP contribution in [0.5, 0.6) is 5.75 Å². The summed E-state index contributed by atoms with van der Waals surface area (Å²) in [5.41, 5.74) is 2.08. The molecule has 5 unspecified atom stereocenters. The summed E-state index contributed by atoms with van der Waals surface area (Å²) in [6.45, 7) is 2.70. The number of hydrogen-bond donors (Lipinski definition) is 4. The molecule has 1 aromatic heterocycles. The quantitative estimate of drug-likeness (QED) is 0.415. The number of aliphatic hydroxyl groups excluding tert-OH is 4. The zero-order valence-electron chi connectivity index (χ0n) is 18.8. The van der Waals surface area contributed by atoms with Crippen LogP contribution >= 0.6 is 0 Å². The molecule has 0 radical (unpaired) electrons. The monoisotopic (exact) mass is 469 g/mol. The number of carbonyl (C=O) groups excluding carboxylic acids is 1. The number of Topliss-reactive ketones (excluding diaryl/α,β-unsaturated/α-hetero) is 1. The molecule has 1 aliphatic heterocycles. The molecule has 0 bridgehead atoms. The highest BCUT2D eigenvalue weighted by molar-refractivity contribution is 5.87. The Morgan fingerprint density at radius 3 is 2.41 bits per heavy atom. The number of benzene rings is 2. The molecule has 180 valence electrons. The molecule has 9 nitrogen and oxygen atoms in total. The lowest BCUT2D eigenvalue weighted by Crippen LogP contribution is -2.60. The first-order chi connectivity index (χ1) is 16.2. The normalized spacial score (nSPS) is 24.8. The van der Waals surface area contributed by atoms with Gasteiger partial charge in [-0.3, -0.25) is 9.59 Å². The number of carbonyl (C=O) groups is 1. The maximum absolute atomic E-state index is 12.8. The van der Waals surface area contributed by atoms with Crippen molar-refractivity contribution in [2.75, 3.05) is 6.61 Å². The van der Waals surface area contributed by atoms with E-state index in [1.54, 1.807) is 37.4 Å². The van der Waals surface area contributed by atoms with E-state index in [0.717, 1.165) is 16.5 Å². The SMILES string of the molecule is CC(=O)Cn1ccc2ccc(-c3ccc(OC4OC(CO)C(O)C(O)C4O)c(C)c3)cc2c1=O. The molecule has 1 fully saturated rings. The van der Waals surface area contributed by atoms with Gasteiger partial charge in [0.15, 0.2) is 0 Å². The van der Waals surface area contributed by atoms with Crippen LogP contribution in [0, 0.1) is 6.92 Å². The highest BCUT2D eigenvalue weighted by atomic mass is 16.7. The van der Waals surface area contributed by atoms with E-state index in [9.17, 15) is 30.0 Å². The third kappa shape index (κ3) is 4.61. The van der Waals surface area contributed by atoms with Gasteiger partial charge in [-0.25, -0.2) is 0 Å². The standard InChI is InChI=1S/C25H27NO8/c1-13-9-16(5-6-19(13)33-25-23(31)22(30)21(29)20(12-27)34-25)17-4-3-15-7-8-26(11-14(2)28)24(32)18(15)10-17/h3-10,20-23,25,27,29-31H,11-12H2,1-2H3. The summed E-state index contributed by atoms with van der Waals surface area (Å²) in [6, 6.07) is 12.6. The van der Waals surface area contributed by atoms with Crippen LogP contribution < -0.4 is 10.3 Å². The van der Waals surface area contributed by atoms with E-state index in [1.165, 1.54) is 11.5 Å². The fraction of sp³-hybridized carbons (Fsp3) is 0.360. The van der Waals surface area contributed by atoms with Gasteiger partial charge < -0.3 is 34.5 Å². The average Bonchev–Trinajstić information content (AvgIpc) is 2.82. The summed E-state index contributed by atoms with van der Waals surface area (Å²) in [6.07, 6.45) is -5.22. The molecule has 5 atom stereocenters. The van der Waals surface area contributed by atoms with E-state index >= 15 is 0 Å². The van der Waals surface area contributed by atoms with Crippen molar-refractivity contribution in [3.05, 3.63) is 64.6 Å². The Hall–Kier alpha value is -3.08. The van der Waals surface area contributed by atoms with Crippen molar-refractivity contribution in [2.45, 2.75) is 51.1 Å². The number of aromatic nitrogens is 1. The van der Waals surface area contributed by atoms with Crippen molar-refractivity contribution < 1.29 is 34.7 Å². The van der Waals surface area contributed by atoms with E-state index in [4.69, 9.17) is 9.47 Å². The Labute approximate surface area is 195 Å². The first-order valence-corrected chi connectivity index (χ1v) is 10.9. The van der Waals surface area contributed by atoms with Crippen molar-refractivity contribution in [1.29, 1.82) is 0 Å². The minimum atomic E-state index is -1.53. The predicted molar refractivity (Wildman–Crippen MR) is 123 cm³/mol. The summed E-state index contributed by atoms with van der Waals surface area (Å²) >= 11 is 0. The molecule has 2 aromatic carbocycles. The molecule has 34 heavy (non-hydrogen) atoms. The van der Waals surface area contributed by atoms with Crippen LogP contribution in [0.4, 0.5) is 0 Å². The van der Waals surface area contributed by atoms with Crippen molar-refractivity contribution in [1.82, 2.24) is 4.57 Å². The zero-order valence-corrected chi connectivity index (χ0v) is 18.8. The lowest BCUT2D eigenvalue weighted by molar-refractivity contribution is -0.277. The van der Waals surface area contributed by atoms with Crippen LogP contribution in [0.2, 0.25) is 0 Å². The number of ether oxygens (including phenoxy) is 2. The number of aryl methyl sites for hydroxylation is 1. The average molecular weight is 469 g/mol. The van der Waals surface area contributed by atoms with E-state index in [2.05, 4.69) is 0 Å². The van der Waals surface area contributed by atoms with Crippen LogP contribution in [0.1, 0.15) is 12.5 Å². The molecule has 9 heteroatoms. The van der Waals surface area contributed by atoms with Crippen molar-refractivity contribution in [2.24, 2.45) is 0 Å². The van der Waals surface area contributed by atoms with Gasteiger partial charge in [-0.2, -0.15) is 0 Å². The van der Waals surface area contributed by atoms with Crippen LogP contribution in [0.15, 0.2) is 53.5 Å². The molecule has 1 saturated heterocycles. The Bertz CT molecular complexity index is 1270. The molecule has 2 heterocycles. The highest BCUT2D eigenvalue weighted by Gasteiger charge is 2.44. The molecule has 0 saturated carbocycles. The lowest BCUT2D eigenvalue weighted by Gasteiger charge is -2.39. The number of pyridine rings is 1. The maximum Gasteiger partial charge on any atom is 0.258 e. The third-order valence-corrected chi connectivity index (χ3v) is 5.97. The summed E-state index contributed by atoms with van der Waals surface area (Å²) in [7, 11) is 0. The van der Waals surface area contributed by atoms with Gasteiger partial charge in [0.2, 0.25) is 6.29 Å². The number of aliphatic hydroxyl groups is 4. The summed E-state index contributed by atoms with van der Waals surface area (Å²) in [5.74, 6) is 0.279. The highest BCUT2D eigenvalue weighted by Crippen LogP contribution is 2.30. The molecular weight excluding hydrogens is 442 g/mol. The minimum Gasteiger partial charge on any atom is -0.462 e. The largest absolute Gasteiger partial charge is 0.462 e. The lowest BCUT2D eigenvalue weighted by atomic mass is 9.99. The summed E-state index contributed by atoms with van der Waals surface area (Å²) in [5, 5.41) is 40.7. The van der Waals surface area contributed by atoms with E-state index < -0.39 is 37.3 Å². The van der Waals surface area contributed by atoms with Gasteiger partial charge in [-0.15, -0.1) is 0 Å². The molecule has 0 amide bonds. The smallest absolute Gasteiger partial charge is 0.258 e. The molecule has 3 aromatic rings. The van der Waals surface area contributed by atoms with Gasteiger partial charge in [-0.1, -0.05) is 18.2 Å². The maximum atomic E-state index is 12.8. The van der Waals surface area contributed by atoms with Crippen molar-refractivity contribution in [3.63, 3.8) is 0 Å². The molecule has 0 aliphatic carbocycles. The molecule has 4 N–H and O–H groups in total. The Kier molecular flexibility index (Phi) is 6.83. The fourth-order valence-corrected chi connectivity index (χ4v) is 4.07. The third-order valence-electron chi connectivity index (χ3n) is 5.97.